The van der Waals surface area contributed by atoms with Crippen molar-refractivity contribution in [1.29, 1.82) is 0 Å². The van der Waals surface area contributed by atoms with Crippen LogP contribution in [0.3, 0.4) is 0 Å². The predicted octanol–water partition coefficient (Wildman–Crippen LogP) is 5.35. The molecular weight excluding hydrogens is 308 g/mol. The van der Waals surface area contributed by atoms with E-state index in [1.807, 2.05) is 6.20 Å². The maximum atomic E-state index is 6.01. The van der Waals surface area contributed by atoms with E-state index < -0.39 is 0 Å². The average Bonchev–Trinajstić information content (AvgIpc) is 3.05. The first-order chi connectivity index (χ1) is 12.2. The number of fused-ring (bicyclic) bond motifs is 1. The number of hydrogen-bond acceptors (Lipinski definition) is 2. The molecule has 134 valence electrons. The van der Waals surface area contributed by atoms with Gasteiger partial charge in [0.1, 0.15) is 11.6 Å². The molecule has 25 heavy (non-hydrogen) atoms. The molecule has 0 spiro atoms. The zero-order chi connectivity index (χ0) is 17.6. The van der Waals surface area contributed by atoms with Gasteiger partial charge in [0, 0.05) is 18.9 Å². The molecule has 3 nitrogen and oxygen atoms in total. The quantitative estimate of drug-likeness (QED) is 0.680. The molecule has 3 heteroatoms. The molecule has 0 saturated heterocycles. The van der Waals surface area contributed by atoms with Gasteiger partial charge in [-0.2, -0.15) is 0 Å². The molecule has 0 N–H and O–H groups in total. The fourth-order valence-corrected chi connectivity index (χ4v) is 3.61. The molecule has 0 bridgehead atoms. The first kappa shape index (κ1) is 17.8. The third-order valence-electron chi connectivity index (χ3n) is 5.10. The highest BCUT2D eigenvalue weighted by molar-refractivity contribution is 5.62. The van der Waals surface area contributed by atoms with Crippen molar-refractivity contribution in [2.45, 2.75) is 65.8 Å². The van der Waals surface area contributed by atoms with E-state index in [4.69, 9.17) is 4.74 Å². The van der Waals surface area contributed by atoms with Gasteiger partial charge in [-0.15, -0.1) is 0 Å². The lowest BCUT2D eigenvalue weighted by Crippen LogP contribution is -2.09. The summed E-state index contributed by atoms with van der Waals surface area (Å²) in [5.41, 5.74) is 5.78. The second-order valence-corrected chi connectivity index (χ2v) is 6.92. The molecule has 0 unspecified atom stereocenters. The molecule has 3 rings (SSSR count). The third kappa shape index (κ3) is 4.15. The lowest BCUT2D eigenvalue weighted by molar-refractivity contribution is 0.312. The Hall–Kier alpha value is -2.03. The molecule has 0 amide bonds. The van der Waals surface area contributed by atoms with Crippen LogP contribution in [0.15, 0.2) is 30.1 Å². The van der Waals surface area contributed by atoms with Gasteiger partial charge in [0.25, 0.3) is 0 Å². The van der Waals surface area contributed by atoms with Gasteiger partial charge in [-0.05, 0) is 68.2 Å². The Labute approximate surface area is 151 Å². The second kappa shape index (κ2) is 8.37. The van der Waals surface area contributed by atoms with E-state index in [1.54, 1.807) is 0 Å². The zero-order valence-corrected chi connectivity index (χ0v) is 15.8. The largest absolute Gasteiger partial charge is 0.493 e. The van der Waals surface area contributed by atoms with Crippen LogP contribution in [0.5, 0.6) is 5.75 Å². The monoisotopic (exact) mass is 338 g/mol. The Morgan fingerprint density at radius 3 is 2.68 bits per heavy atom. The number of rotatable bonds is 7. The van der Waals surface area contributed by atoms with Gasteiger partial charge >= 0.3 is 0 Å². The van der Waals surface area contributed by atoms with Crippen LogP contribution in [0.1, 0.15) is 62.0 Å². The highest BCUT2D eigenvalue weighted by Crippen LogP contribution is 2.33. The Kier molecular flexibility index (Phi) is 5.95. The molecule has 1 heterocycles. The summed E-state index contributed by atoms with van der Waals surface area (Å²) in [6.45, 7) is 8.19. The Morgan fingerprint density at radius 2 is 2.00 bits per heavy atom. The van der Waals surface area contributed by atoms with Crippen molar-refractivity contribution in [3.05, 3.63) is 52.6 Å². The van der Waals surface area contributed by atoms with E-state index in [0.717, 1.165) is 44.0 Å². The second-order valence-electron chi connectivity index (χ2n) is 6.92. The smallest absolute Gasteiger partial charge is 0.122 e. The SMILES string of the molecule is CCCOc1ccc(/C=C(/CC)Cn2ccnc2C)c2c1CCCC2. The summed E-state index contributed by atoms with van der Waals surface area (Å²) in [7, 11) is 0. The molecule has 2 aromatic rings. The summed E-state index contributed by atoms with van der Waals surface area (Å²) in [5.74, 6) is 2.18. The van der Waals surface area contributed by atoms with Crippen molar-refractivity contribution in [3.8, 4) is 5.75 Å². The van der Waals surface area contributed by atoms with Gasteiger partial charge in [-0.3, -0.25) is 0 Å². The molecule has 0 saturated carbocycles. The van der Waals surface area contributed by atoms with Crippen molar-refractivity contribution in [2.24, 2.45) is 0 Å². The summed E-state index contributed by atoms with van der Waals surface area (Å²) >= 11 is 0. The fourth-order valence-electron chi connectivity index (χ4n) is 3.61. The number of imidazole rings is 1. The third-order valence-corrected chi connectivity index (χ3v) is 5.10. The highest BCUT2D eigenvalue weighted by atomic mass is 16.5. The number of ether oxygens (including phenoxy) is 1. The van der Waals surface area contributed by atoms with Gasteiger partial charge in [-0.1, -0.05) is 31.6 Å². The summed E-state index contributed by atoms with van der Waals surface area (Å²) in [6, 6.07) is 4.44. The number of hydrogen-bond donors (Lipinski definition) is 0. The molecule has 1 aliphatic carbocycles. The van der Waals surface area contributed by atoms with Crippen molar-refractivity contribution in [2.75, 3.05) is 6.61 Å². The van der Waals surface area contributed by atoms with E-state index >= 15 is 0 Å². The van der Waals surface area contributed by atoms with Crippen LogP contribution < -0.4 is 4.74 Å². The minimum absolute atomic E-state index is 0.807. The molecule has 1 aliphatic rings. The minimum Gasteiger partial charge on any atom is -0.493 e. The number of aryl methyl sites for hydroxylation is 1. The maximum Gasteiger partial charge on any atom is 0.122 e. The van der Waals surface area contributed by atoms with Crippen molar-refractivity contribution in [1.82, 2.24) is 9.55 Å². The molecule has 1 aromatic carbocycles. The van der Waals surface area contributed by atoms with Crippen molar-refractivity contribution in [3.63, 3.8) is 0 Å². The number of allylic oxidation sites excluding steroid dienone is 1. The van der Waals surface area contributed by atoms with Gasteiger partial charge in [0.05, 0.1) is 6.61 Å². The Balaban J connectivity index is 1.91. The highest BCUT2D eigenvalue weighted by Gasteiger charge is 2.17. The van der Waals surface area contributed by atoms with Crippen LogP contribution in [-0.4, -0.2) is 16.2 Å². The molecule has 0 radical (unpaired) electrons. The van der Waals surface area contributed by atoms with Crippen LogP contribution >= 0.6 is 0 Å². The van der Waals surface area contributed by atoms with E-state index in [9.17, 15) is 0 Å². The van der Waals surface area contributed by atoms with Crippen LogP contribution in [-0.2, 0) is 19.4 Å². The van der Waals surface area contributed by atoms with E-state index in [2.05, 4.69) is 54.7 Å². The molecule has 0 fully saturated rings. The summed E-state index contributed by atoms with van der Waals surface area (Å²) in [4.78, 5) is 4.34. The lowest BCUT2D eigenvalue weighted by Gasteiger charge is -2.22. The Bertz CT molecular complexity index is 742. The maximum absolute atomic E-state index is 6.01. The number of benzene rings is 1. The lowest BCUT2D eigenvalue weighted by atomic mass is 9.86. The van der Waals surface area contributed by atoms with E-state index in [1.165, 1.54) is 41.5 Å². The summed E-state index contributed by atoms with van der Waals surface area (Å²) in [6.07, 6.45) is 13.3. The number of nitrogens with zero attached hydrogens (tertiary/aromatic N) is 2. The van der Waals surface area contributed by atoms with Crippen LogP contribution in [0.4, 0.5) is 0 Å². The number of aromatic nitrogens is 2. The van der Waals surface area contributed by atoms with Crippen molar-refractivity contribution < 1.29 is 4.74 Å². The molecular formula is C22H30N2O. The van der Waals surface area contributed by atoms with E-state index in [-0.39, 0.29) is 0 Å². The molecule has 0 atom stereocenters. The molecule has 0 aliphatic heterocycles. The van der Waals surface area contributed by atoms with Gasteiger partial charge in [0.2, 0.25) is 0 Å². The van der Waals surface area contributed by atoms with Gasteiger partial charge < -0.3 is 9.30 Å². The van der Waals surface area contributed by atoms with Crippen LogP contribution in [0, 0.1) is 6.92 Å². The topological polar surface area (TPSA) is 27.1 Å². The average molecular weight is 338 g/mol. The van der Waals surface area contributed by atoms with Gasteiger partial charge in [0.15, 0.2) is 0 Å². The first-order valence-electron chi connectivity index (χ1n) is 9.67. The summed E-state index contributed by atoms with van der Waals surface area (Å²) in [5, 5.41) is 0. The fraction of sp³-hybridized carbons (Fsp3) is 0.500. The minimum atomic E-state index is 0.807. The normalized spacial score (nSPS) is 14.4. The van der Waals surface area contributed by atoms with Crippen molar-refractivity contribution >= 4 is 6.08 Å². The predicted molar refractivity (Wildman–Crippen MR) is 104 cm³/mol. The standard InChI is InChI=1S/C22H30N2O/c1-4-14-25-22-11-10-19(20-8-6-7-9-21(20)22)15-18(5-2)16-24-13-12-23-17(24)3/h10-13,15H,4-9,14,16H2,1-3H3/b18-15-. The molecule has 1 aromatic heterocycles. The zero-order valence-electron chi connectivity index (χ0n) is 15.8. The van der Waals surface area contributed by atoms with E-state index in [0.29, 0.717) is 0 Å². The van der Waals surface area contributed by atoms with Gasteiger partial charge in [-0.25, -0.2) is 4.98 Å². The van der Waals surface area contributed by atoms with Crippen LogP contribution in [0.2, 0.25) is 0 Å². The Morgan fingerprint density at radius 1 is 1.20 bits per heavy atom. The van der Waals surface area contributed by atoms with Crippen LogP contribution in [0.25, 0.3) is 6.08 Å². The summed E-state index contributed by atoms with van der Waals surface area (Å²) < 4.78 is 8.23. The first-order valence-corrected chi connectivity index (χ1v) is 9.67.